The van der Waals surface area contributed by atoms with Crippen LogP contribution in [-0.4, -0.2) is 18.7 Å². The van der Waals surface area contributed by atoms with Crippen molar-refractivity contribution >= 4 is 0 Å². The van der Waals surface area contributed by atoms with E-state index in [-0.39, 0.29) is 0 Å². The zero-order valence-electron chi connectivity index (χ0n) is 12.1. The number of nitrogens with two attached hydrogens (primary N) is 1. The highest BCUT2D eigenvalue weighted by atomic mass is 16.5. The van der Waals surface area contributed by atoms with E-state index < -0.39 is 0 Å². The first-order valence-electron chi connectivity index (χ1n) is 7.27. The van der Waals surface area contributed by atoms with Gasteiger partial charge in [0.25, 0.3) is 0 Å². The lowest BCUT2D eigenvalue weighted by Crippen LogP contribution is -2.89. The second-order valence-electron chi connectivity index (χ2n) is 5.17. The standard InChI is InChI=1S/C16H27NO/c1-4-5-13-17-14(2)11-12-15(3)18-16-9-7-6-8-10-16/h6-10,14-15,17H,4-5,11-13H2,1-3H3/p+1/t14-,15+/m0/s1. The van der Waals surface area contributed by atoms with Gasteiger partial charge in [-0.3, -0.25) is 0 Å². The van der Waals surface area contributed by atoms with E-state index in [1.54, 1.807) is 0 Å². The lowest BCUT2D eigenvalue weighted by atomic mass is 10.1. The van der Waals surface area contributed by atoms with Gasteiger partial charge < -0.3 is 10.1 Å². The zero-order chi connectivity index (χ0) is 13.2. The number of hydrogen-bond acceptors (Lipinski definition) is 1. The molecule has 0 aliphatic rings. The first-order chi connectivity index (χ1) is 8.72. The molecular formula is C16H28NO+. The van der Waals surface area contributed by atoms with Crippen LogP contribution in [0.1, 0.15) is 46.5 Å². The summed E-state index contributed by atoms with van der Waals surface area (Å²) in [5, 5.41) is 2.46. The van der Waals surface area contributed by atoms with Crippen molar-refractivity contribution < 1.29 is 10.1 Å². The van der Waals surface area contributed by atoms with Crippen LogP contribution >= 0.6 is 0 Å². The van der Waals surface area contributed by atoms with Crippen molar-refractivity contribution in [3.8, 4) is 5.75 Å². The Morgan fingerprint density at radius 1 is 1.11 bits per heavy atom. The fourth-order valence-corrected chi connectivity index (χ4v) is 2.01. The number of ether oxygens (including phenoxy) is 1. The molecule has 0 saturated carbocycles. The van der Waals surface area contributed by atoms with Gasteiger partial charge in [0.15, 0.2) is 0 Å². The van der Waals surface area contributed by atoms with Crippen molar-refractivity contribution in [2.45, 2.75) is 58.6 Å². The fourth-order valence-electron chi connectivity index (χ4n) is 2.01. The van der Waals surface area contributed by atoms with Crippen LogP contribution in [0.4, 0.5) is 0 Å². The average molecular weight is 250 g/mol. The number of rotatable bonds is 9. The molecule has 18 heavy (non-hydrogen) atoms. The zero-order valence-corrected chi connectivity index (χ0v) is 12.1. The van der Waals surface area contributed by atoms with Crippen molar-refractivity contribution in [1.82, 2.24) is 0 Å². The maximum absolute atomic E-state index is 5.88. The van der Waals surface area contributed by atoms with E-state index in [9.17, 15) is 0 Å². The SMILES string of the molecule is CCCC[NH2+][C@@H](C)CC[C@@H](C)Oc1ccccc1. The summed E-state index contributed by atoms with van der Waals surface area (Å²) in [6, 6.07) is 10.8. The quantitative estimate of drug-likeness (QED) is 0.670. The van der Waals surface area contributed by atoms with E-state index in [0.717, 1.165) is 12.2 Å². The van der Waals surface area contributed by atoms with Gasteiger partial charge in [0.1, 0.15) is 5.75 Å². The minimum absolute atomic E-state index is 0.300. The molecule has 1 aromatic rings. The smallest absolute Gasteiger partial charge is 0.119 e. The molecule has 0 aliphatic heterocycles. The highest BCUT2D eigenvalue weighted by Gasteiger charge is 2.09. The van der Waals surface area contributed by atoms with Crippen molar-refractivity contribution in [2.75, 3.05) is 6.54 Å². The molecule has 2 atom stereocenters. The molecule has 2 N–H and O–H groups in total. The average Bonchev–Trinajstić information content (AvgIpc) is 2.38. The van der Waals surface area contributed by atoms with Gasteiger partial charge in [-0.2, -0.15) is 0 Å². The van der Waals surface area contributed by atoms with E-state index >= 15 is 0 Å². The van der Waals surface area contributed by atoms with Crippen molar-refractivity contribution in [2.24, 2.45) is 0 Å². The molecule has 0 aliphatic carbocycles. The molecule has 102 valence electrons. The Hall–Kier alpha value is -1.02. The number of hydrogen-bond donors (Lipinski definition) is 1. The Morgan fingerprint density at radius 2 is 1.83 bits per heavy atom. The first kappa shape index (κ1) is 15.0. The second kappa shape index (κ2) is 8.98. The summed E-state index contributed by atoms with van der Waals surface area (Å²) < 4.78 is 5.88. The monoisotopic (exact) mass is 250 g/mol. The minimum atomic E-state index is 0.300. The van der Waals surface area contributed by atoms with E-state index in [2.05, 4.69) is 26.1 Å². The predicted octanol–water partition coefficient (Wildman–Crippen LogP) is 2.99. The molecule has 2 heteroatoms. The first-order valence-corrected chi connectivity index (χ1v) is 7.27. The Bertz CT molecular complexity index is 299. The minimum Gasteiger partial charge on any atom is -0.491 e. The van der Waals surface area contributed by atoms with Crippen LogP contribution in [-0.2, 0) is 0 Å². The molecule has 0 bridgehead atoms. The van der Waals surface area contributed by atoms with Gasteiger partial charge in [-0.15, -0.1) is 0 Å². The van der Waals surface area contributed by atoms with Gasteiger partial charge >= 0.3 is 0 Å². The number of para-hydroxylation sites is 1. The predicted molar refractivity (Wildman–Crippen MR) is 76.9 cm³/mol. The van der Waals surface area contributed by atoms with E-state index in [1.165, 1.54) is 25.8 Å². The Morgan fingerprint density at radius 3 is 2.50 bits per heavy atom. The molecule has 0 aromatic heterocycles. The summed E-state index contributed by atoms with van der Waals surface area (Å²) in [5.41, 5.74) is 0. The van der Waals surface area contributed by atoms with Crippen LogP contribution in [0.25, 0.3) is 0 Å². The summed E-state index contributed by atoms with van der Waals surface area (Å²) >= 11 is 0. The molecule has 0 saturated heterocycles. The van der Waals surface area contributed by atoms with Gasteiger partial charge in [-0.05, 0) is 38.8 Å². The summed E-state index contributed by atoms with van der Waals surface area (Å²) in [6.07, 6.45) is 5.25. The van der Waals surface area contributed by atoms with Crippen LogP contribution < -0.4 is 10.1 Å². The number of unbranched alkanes of at least 4 members (excludes halogenated alkanes) is 1. The number of quaternary nitrogens is 1. The molecule has 0 fully saturated rings. The van der Waals surface area contributed by atoms with E-state index in [4.69, 9.17) is 4.74 Å². The summed E-state index contributed by atoms with van der Waals surface area (Å²) in [4.78, 5) is 0. The van der Waals surface area contributed by atoms with Crippen LogP contribution in [0.2, 0.25) is 0 Å². The molecule has 2 nitrogen and oxygen atoms in total. The molecule has 1 rings (SSSR count). The van der Waals surface area contributed by atoms with Crippen LogP contribution in [0, 0.1) is 0 Å². The molecule has 0 spiro atoms. The maximum atomic E-state index is 5.88. The lowest BCUT2D eigenvalue weighted by Gasteiger charge is -2.16. The highest BCUT2D eigenvalue weighted by molar-refractivity contribution is 5.21. The third-order valence-electron chi connectivity index (χ3n) is 3.24. The molecule has 0 amide bonds. The van der Waals surface area contributed by atoms with Crippen LogP contribution in [0.15, 0.2) is 30.3 Å². The Kier molecular flexibility index (Phi) is 7.51. The van der Waals surface area contributed by atoms with Gasteiger partial charge in [0.05, 0.1) is 18.7 Å². The molecule has 1 aromatic carbocycles. The molecule has 0 unspecified atom stereocenters. The largest absolute Gasteiger partial charge is 0.491 e. The van der Waals surface area contributed by atoms with Crippen LogP contribution in [0.3, 0.4) is 0 Å². The molecule has 0 heterocycles. The number of benzene rings is 1. The Labute approximate surface area is 112 Å². The molecular weight excluding hydrogens is 222 g/mol. The van der Waals surface area contributed by atoms with Crippen LogP contribution in [0.5, 0.6) is 5.75 Å². The normalized spacial score (nSPS) is 14.2. The lowest BCUT2D eigenvalue weighted by molar-refractivity contribution is -0.687. The van der Waals surface area contributed by atoms with Crippen molar-refractivity contribution in [3.05, 3.63) is 30.3 Å². The van der Waals surface area contributed by atoms with Gasteiger partial charge in [-0.25, -0.2) is 0 Å². The van der Waals surface area contributed by atoms with Gasteiger partial charge in [0.2, 0.25) is 0 Å². The van der Waals surface area contributed by atoms with Gasteiger partial charge in [0, 0.05) is 6.42 Å². The van der Waals surface area contributed by atoms with E-state index in [0.29, 0.717) is 12.1 Å². The highest BCUT2D eigenvalue weighted by Crippen LogP contribution is 2.13. The third-order valence-corrected chi connectivity index (χ3v) is 3.24. The maximum Gasteiger partial charge on any atom is 0.119 e. The van der Waals surface area contributed by atoms with Crippen molar-refractivity contribution in [1.29, 1.82) is 0 Å². The van der Waals surface area contributed by atoms with Crippen molar-refractivity contribution in [3.63, 3.8) is 0 Å². The van der Waals surface area contributed by atoms with Gasteiger partial charge in [-0.1, -0.05) is 31.5 Å². The second-order valence-corrected chi connectivity index (χ2v) is 5.17. The topological polar surface area (TPSA) is 25.8 Å². The van der Waals surface area contributed by atoms with E-state index in [1.807, 2.05) is 30.3 Å². The summed E-state index contributed by atoms with van der Waals surface area (Å²) in [5.74, 6) is 0.979. The third kappa shape index (κ3) is 6.65. The fraction of sp³-hybridized carbons (Fsp3) is 0.625. The summed E-state index contributed by atoms with van der Waals surface area (Å²) in [6.45, 7) is 7.97. The Balaban J connectivity index is 2.14. The summed E-state index contributed by atoms with van der Waals surface area (Å²) in [7, 11) is 0. The molecule has 0 radical (unpaired) electrons.